The molecule has 0 bridgehead atoms. The fourth-order valence-corrected chi connectivity index (χ4v) is 2.73. The molecule has 0 aliphatic carbocycles. The number of likely N-dealkylation sites (N-methyl/N-ethyl adjacent to an activating group) is 1. The Kier molecular flexibility index (Phi) is 4.17. The van der Waals surface area contributed by atoms with E-state index in [4.69, 9.17) is 0 Å². The normalized spacial score (nSPS) is 11.3. The second-order valence-electron chi connectivity index (χ2n) is 5.98. The molecule has 0 spiro atoms. The predicted octanol–water partition coefficient (Wildman–Crippen LogP) is 3.00. The summed E-state index contributed by atoms with van der Waals surface area (Å²) in [5.41, 5.74) is 2.88. The van der Waals surface area contributed by atoms with Crippen molar-refractivity contribution >= 4 is 10.8 Å². The maximum atomic E-state index is 11.9. The van der Waals surface area contributed by atoms with Crippen molar-refractivity contribution in [2.24, 2.45) is 0 Å². The first-order valence-corrected chi connectivity index (χ1v) is 7.63. The number of hydrogen-bond donors (Lipinski definition) is 2. The first kappa shape index (κ1) is 15.3. The quantitative estimate of drug-likeness (QED) is 0.779. The zero-order valence-corrected chi connectivity index (χ0v) is 13.3. The number of nitrogens with zero attached hydrogens (tertiary/aromatic N) is 1. The molecule has 0 fully saturated rings. The van der Waals surface area contributed by atoms with Gasteiger partial charge in [0.25, 0.3) is 5.56 Å². The van der Waals surface area contributed by atoms with Crippen LogP contribution in [-0.2, 0) is 6.42 Å². The number of rotatable bonds is 4. The molecule has 0 saturated carbocycles. The molecule has 1 aromatic heterocycles. The van der Waals surface area contributed by atoms with Crippen LogP contribution in [0.25, 0.3) is 21.9 Å². The smallest absolute Gasteiger partial charge is 0.255 e. The van der Waals surface area contributed by atoms with E-state index in [0.29, 0.717) is 10.8 Å². The van der Waals surface area contributed by atoms with Crippen LogP contribution in [0, 0.1) is 0 Å². The van der Waals surface area contributed by atoms with Gasteiger partial charge in [0.1, 0.15) is 5.75 Å². The number of aromatic hydroxyl groups is 1. The number of benzene rings is 2. The summed E-state index contributed by atoms with van der Waals surface area (Å²) in [6.07, 6.45) is 2.66. The lowest BCUT2D eigenvalue weighted by molar-refractivity contribution is 0.413. The maximum absolute atomic E-state index is 11.9. The molecule has 4 heteroatoms. The number of phenolic OH excluding ortho intramolecular Hbond substituents is 1. The summed E-state index contributed by atoms with van der Waals surface area (Å²) in [4.78, 5) is 16.9. The van der Waals surface area contributed by atoms with Crippen molar-refractivity contribution in [3.8, 4) is 16.9 Å². The zero-order chi connectivity index (χ0) is 16.4. The summed E-state index contributed by atoms with van der Waals surface area (Å²) in [5.74, 6) is 0.125. The van der Waals surface area contributed by atoms with Crippen LogP contribution in [0.1, 0.15) is 5.56 Å². The van der Waals surface area contributed by atoms with E-state index in [0.717, 1.165) is 24.1 Å². The highest BCUT2D eigenvalue weighted by molar-refractivity contribution is 5.99. The molecule has 0 saturated heterocycles. The second kappa shape index (κ2) is 6.26. The minimum absolute atomic E-state index is 0.125. The van der Waals surface area contributed by atoms with Crippen molar-refractivity contribution in [3.05, 3.63) is 64.6 Å². The van der Waals surface area contributed by atoms with Gasteiger partial charge in [0.15, 0.2) is 0 Å². The molecule has 0 aliphatic heterocycles. The van der Waals surface area contributed by atoms with Crippen molar-refractivity contribution in [2.45, 2.75) is 6.42 Å². The molecule has 0 radical (unpaired) electrons. The lowest BCUT2D eigenvalue weighted by Crippen LogP contribution is -2.14. The van der Waals surface area contributed by atoms with E-state index in [1.54, 1.807) is 24.4 Å². The molecule has 0 atom stereocenters. The van der Waals surface area contributed by atoms with Crippen molar-refractivity contribution in [1.82, 2.24) is 9.88 Å². The number of fused-ring (bicyclic) bond motifs is 1. The second-order valence-corrected chi connectivity index (χ2v) is 5.98. The maximum Gasteiger partial charge on any atom is 0.255 e. The highest BCUT2D eigenvalue weighted by Gasteiger charge is 2.10. The molecule has 1 heterocycles. The molecule has 2 aromatic carbocycles. The van der Waals surface area contributed by atoms with E-state index in [-0.39, 0.29) is 11.3 Å². The molecule has 118 valence electrons. The van der Waals surface area contributed by atoms with Gasteiger partial charge >= 0.3 is 0 Å². The van der Waals surface area contributed by atoms with Crippen LogP contribution in [0.2, 0.25) is 0 Å². The Morgan fingerprint density at radius 2 is 1.83 bits per heavy atom. The predicted molar refractivity (Wildman–Crippen MR) is 93.9 cm³/mol. The third kappa shape index (κ3) is 3.12. The van der Waals surface area contributed by atoms with Crippen LogP contribution in [0.3, 0.4) is 0 Å². The Hall–Kier alpha value is -2.59. The SMILES string of the molecule is CN(C)CCc1ccc(-c2c[nH]c(=O)c3cccc(O)c23)cc1. The minimum atomic E-state index is -0.192. The highest BCUT2D eigenvalue weighted by Crippen LogP contribution is 2.32. The summed E-state index contributed by atoms with van der Waals surface area (Å²) in [5, 5.41) is 11.3. The minimum Gasteiger partial charge on any atom is -0.507 e. The van der Waals surface area contributed by atoms with E-state index in [9.17, 15) is 9.90 Å². The van der Waals surface area contributed by atoms with Crippen molar-refractivity contribution in [2.75, 3.05) is 20.6 Å². The third-order valence-electron chi connectivity index (χ3n) is 4.02. The lowest BCUT2D eigenvalue weighted by Gasteiger charge is -2.11. The summed E-state index contributed by atoms with van der Waals surface area (Å²) >= 11 is 0. The van der Waals surface area contributed by atoms with Crippen LogP contribution in [0.5, 0.6) is 5.75 Å². The van der Waals surface area contributed by atoms with Crippen LogP contribution < -0.4 is 5.56 Å². The van der Waals surface area contributed by atoms with Crippen LogP contribution in [0.4, 0.5) is 0 Å². The van der Waals surface area contributed by atoms with Gasteiger partial charge in [-0.1, -0.05) is 30.3 Å². The summed E-state index contributed by atoms with van der Waals surface area (Å²) in [6, 6.07) is 13.3. The number of H-pyrrole nitrogens is 1. The Morgan fingerprint density at radius 3 is 2.52 bits per heavy atom. The van der Waals surface area contributed by atoms with Gasteiger partial charge in [0.2, 0.25) is 0 Å². The molecule has 0 unspecified atom stereocenters. The number of hydrogen-bond acceptors (Lipinski definition) is 3. The Bertz CT molecular complexity index is 880. The summed E-state index contributed by atoms with van der Waals surface area (Å²) in [7, 11) is 4.12. The molecule has 3 rings (SSSR count). The molecule has 0 aliphatic rings. The topological polar surface area (TPSA) is 56.3 Å². The van der Waals surface area contributed by atoms with Gasteiger partial charge in [-0.15, -0.1) is 0 Å². The molecular formula is C19H20N2O2. The van der Waals surface area contributed by atoms with Gasteiger partial charge in [0, 0.05) is 23.7 Å². The number of phenols is 1. The van der Waals surface area contributed by atoms with Crippen molar-refractivity contribution in [1.29, 1.82) is 0 Å². The zero-order valence-electron chi connectivity index (χ0n) is 13.3. The molecular weight excluding hydrogens is 288 g/mol. The van der Waals surface area contributed by atoms with Crippen LogP contribution in [0.15, 0.2) is 53.5 Å². The Morgan fingerprint density at radius 1 is 1.09 bits per heavy atom. The first-order valence-electron chi connectivity index (χ1n) is 7.63. The van der Waals surface area contributed by atoms with Gasteiger partial charge in [0.05, 0.1) is 5.39 Å². The average molecular weight is 308 g/mol. The standard InChI is InChI=1S/C19H20N2O2/c1-21(2)11-10-13-6-8-14(9-7-13)16-12-20-19(23)15-4-3-5-17(22)18(15)16/h3-9,12,22H,10-11H2,1-2H3,(H,20,23). The van der Waals surface area contributed by atoms with Gasteiger partial charge in [-0.25, -0.2) is 0 Å². The van der Waals surface area contributed by atoms with Crippen LogP contribution >= 0.6 is 0 Å². The monoisotopic (exact) mass is 308 g/mol. The molecule has 0 amide bonds. The van der Waals surface area contributed by atoms with Gasteiger partial charge in [-0.2, -0.15) is 0 Å². The van der Waals surface area contributed by atoms with Gasteiger partial charge < -0.3 is 15.0 Å². The summed E-state index contributed by atoms with van der Waals surface area (Å²) in [6.45, 7) is 1.00. The van der Waals surface area contributed by atoms with E-state index in [1.165, 1.54) is 5.56 Å². The van der Waals surface area contributed by atoms with Crippen molar-refractivity contribution in [3.63, 3.8) is 0 Å². The lowest BCUT2D eigenvalue weighted by atomic mass is 9.98. The average Bonchev–Trinajstić information content (AvgIpc) is 2.55. The molecule has 2 N–H and O–H groups in total. The largest absolute Gasteiger partial charge is 0.507 e. The number of nitrogens with one attached hydrogen (secondary N) is 1. The highest BCUT2D eigenvalue weighted by atomic mass is 16.3. The fourth-order valence-electron chi connectivity index (χ4n) is 2.73. The number of pyridine rings is 1. The van der Waals surface area contributed by atoms with Crippen LogP contribution in [-0.4, -0.2) is 35.6 Å². The first-order chi connectivity index (χ1) is 11.1. The number of aromatic amines is 1. The number of aromatic nitrogens is 1. The Balaban J connectivity index is 2.04. The molecule has 3 aromatic rings. The van der Waals surface area contributed by atoms with Gasteiger partial charge in [-0.05, 0) is 43.8 Å². The Labute approximate surface area is 135 Å². The summed E-state index contributed by atoms with van der Waals surface area (Å²) < 4.78 is 0. The third-order valence-corrected chi connectivity index (χ3v) is 4.02. The molecule has 4 nitrogen and oxygen atoms in total. The fraction of sp³-hybridized carbons (Fsp3) is 0.211. The van der Waals surface area contributed by atoms with Crippen molar-refractivity contribution < 1.29 is 5.11 Å². The van der Waals surface area contributed by atoms with Gasteiger partial charge in [-0.3, -0.25) is 4.79 Å². The van der Waals surface area contributed by atoms with E-state index < -0.39 is 0 Å². The molecule has 23 heavy (non-hydrogen) atoms. The van der Waals surface area contributed by atoms with E-state index >= 15 is 0 Å². The van der Waals surface area contributed by atoms with E-state index in [2.05, 4.69) is 36.1 Å². The van der Waals surface area contributed by atoms with E-state index in [1.807, 2.05) is 12.1 Å².